The lowest BCUT2D eigenvalue weighted by atomic mass is 9.79. The van der Waals surface area contributed by atoms with Crippen molar-refractivity contribution in [1.82, 2.24) is 5.32 Å². The molecule has 0 spiro atoms. The second kappa shape index (κ2) is 11.8. The number of nitriles is 2. The van der Waals surface area contributed by atoms with Gasteiger partial charge in [-0.05, 0) is 42.2 Å². The molecule has 1 aliphatic carbocycles. The molecule has 1 N–H and O–H groups in total. The van der Waals surface area contributed by atoms with Gasteiger partial charge in [-0.2, -0.15) is 10.5 Å². The summed E-state index contributed by atoms with van der Waals surface area (Å²) in [5, 5.41) is 21.8. The zero-order chi connectivity index (χ0) is 19.4. The molecule has 0 fully saturated rings. The molecule has 0 aromatic carbocycles. The van der Waals surface area contributed by atoms with Crippen LogP contribution in [-0.2, 0) is 4.74 Å². The Balaban J connectivity index is 2.37. The van der Waals surface area contributed by atoms with Crippen molar-refractivity contribution >= 4 is 0 Å². The molecule has 0 amide bonds. The zero-order valence-corrected chi connectivity index (χ0v) is 17.0. The Labute approximate surface area is 159 Å². The lowest BCUT2D eigenvalue weighted by molar-refractivity contribution is 0.0924. The standard InChI is InChI=1S/C22H35N3O/c1-5-7-9-18(6-2)17-26-11-8-10-25-21-12-19(20(15-23)16-24)13-22(3,4)14-21/h12-13,18,20,25H,5-11,14,17H2,1-4H3. The number of hydrogen-bond acceptors (Lipinski definition) is 4. The van der Waals surface area contributed by atoms with Gasteiger partial charge in [0.05, 0.1) is 12.1 Å². The molecule has 1 unspecified atom stereocenters. The second-order valence-electron chi connectivity index (χ2n) is 7.94. The molecular formula is C22H35N3O. The van der Waals surface area contributed by atoms with E-state index >= 15 is 0 Å². The Bertz CT molecular complexity index is 549. The van der Waals surface area contributed by atoms with Gasteiger partial charge >= 0.3 is 0 Å². The molecule has 4 heteroatoms. The molecule has 4 nitrogen and oxygen atoms in total. The van der Waals surface area contributed by atoms with Gasteiger partial charge in [0.15, 0.2) is 5.92 Å². The Kier molecular flexibility index (Phi) is 10.1. The molecule has 0 bridgehead atoms. The number of nitrogens with one attached hydrogen (secondary N) is 1. The van der Waals surface area contributed by atoms with Gasteiger partial charge in [-0.25, -0.2) is 0 Å². The van der Waals surface area contributed by atoms with Crippen molar-refractivity contribution in [2.75, 3.05) is 19.8 Å². The van der Waals surface area contributed by atoms with E-state index in [1.54, 1.807) is 0 Å². The minimum Gasteiger partial charge on any atom is -0.388 e. The highest BCUT2D eigenvalue weighted by molar-refractivity contribution is 5.38. The highest BCUT2D eigenvalue weighted by atomic mass is 16.5. The van der Waals surface area contributed by atoms with E-state index in [4.69, 9.17) is 15.3 Å². The quantitative estimate of drug-likeness (QED) is 0.493. The molecule has 0 aliphatic heterocycles. The highest BCUT2D eigenvalue weighted by Gasteiger charge is 2.25. The van der Waals surface area contributed by atoms with E-state index in [9.17, 15) is 0 Å². The number of rotatable bonds is 12. The summed E-state index contributed by atoms with van der Waals surface area (Å²) < 4.78 is 5.85. The molecule has 0 aromatic heterocycles. The van der Waals surface area contributed by atoms with Crippen LogP contribution in [0.15, 0.2) is 23.4 Å². The summed E-state index contributed by atoms with van der Waals surface area (Å²) in [6.07, 6.45) is 10.9. The molecular weight excluding hydrogens is 322 g/mol. The van der Waals surface area contributed by atoms with Crippen molar-refractivity contribution in [2.45, 2.75) is 66.2 Å². The first kappa shape index (κ1) is 22.3. The molecule has 0 heterocycles. The maximum atomic E-state index is 9.15. The minimum absolute atomic E-state index is 0.0392. The van der Waals surface area contributed by atoms with Crippen molar-refractivity contribution in [1.29, 1.82) is 10.5 Å². The number of allylic oxidation sites excluding steroid dienone is 4. The van der Waals surface area contributed by atoms with E-state index in [-0.39, 0.29) is 5.41 Å². The summed E-state index contributed by atoms with van der Waals surface area (Å²) >= 11 is 0. The van der Waals surface area contributed by atoms with E-state index < -0.39 is 5.92 Å². The first-order chi connectivity index (χ1) is 12.5. The Morgan fingerprint density at radius 2 is 1.96 bits per heavy atom. The van der Waals surface area contributed by atoms with Crippen LogP contribution in [0.2, 0.25) is 0 Å². The van der Waals surface area contributed by atoms with Crippen LogP contribution < -0.4 is 5.32 Å². The first-order valence-electron chi connectivity index (χ1n) is 9.99. The number of hydrogen-bond donors (Lipinski definition) is 1. The lowest BCUT2D eigenvalue weighted by Gasteiger charge is -2.29. The SMILES string of the molecule is CCCCC(CC)COCCCNC1=CC(C(C#N)C#N)=CC(C)(C)C1. The smallest absolute Gasteiger partial charge is 0.158 e. The monoisotopic (exact) mass is 357 g/mol. The van der Waals surface area contributed by atoms with E-state index in [0.29, 0.717) is 5.92 Å². The fraction of sp³-hybridized carbons (Fsp3) is 0.727. The fourth-order valence-electron chi connectivity index (χ4n) is 3.32. The van der Waals surface area contributed by atoms with Crippen molar-refractivity contribution in [2.24, 2.45) is 17.3 Å². The lowest BCUT2D eigenvalue weighted by Crippen LogP contribution is -2.25. The van der Waals surface area contributed by atoms with Gasteiger partial charge in [0, 0.05) is 25.5 Å². The highest BCUT2D eigenvalue weighted by Crippen LogP contribution is 2.34. The summed E-state index contributed by atoms with van der Waals surface area (Å²) in [6, 6.07) is 4.15. The van der Waals surface area contributed by atoms with Gasteiger partial charge in [0.2, 0.25) is 0 Å². The summed E-state index contributed by atoms with van der Waals surface area (Å²) in [4.78, 5) is 0. The van der Waals surface area contributed by atoms with Gasteiger partial charge in [-0.1, -0.05) is 53.0 Å². The van der Waals surface area contributed by atoms with Crippen LogP contribution >= 0.6 is 0 Å². The van der Waals surface area contributed by atoms with Crippen LogP contribution in [0.1, 0.15) is 66.2 Å². The Morgan fingerprint density at radius 1 is 1.23 bits per heavy atom. The van der Waals surface area contributed by atoms with E-state index in [1.807, 2.05) is 6.08 Å². The normalized spacial score (nSPS) is 17.0. The molecule has 1 aliphatic rings. The second-order valence-corrected chi connectivity index (χ2v) is 7.94. The average Bonchev–Trinajstić information content (AvgIpc) is 2.60. The summed E-state index contributed by atoms with van der Waals surface area (Å²) in [7, 11) is 0. The van der Waals surface area contributed by atoms with Gasteiger partial charge in [-0.3, -0.25) is 0 Å². The first-order valence-corrected chi connectivity index (χ1v) is 9.99. The Hall–Kier alpha value is -1.78. The van der Waals surface area contributed by atoms with E-state index in [0.717, 1.165) is 43.9 Å². The summed E-state index contributed by atoms with van der Waals surface area (Å²) in [5.74, 6) is -0.00448. The number of unbranched alkanes of at least 4 members (excludes halogenated alkanes) is 1. The van der Waals surface area contributed by atoms with E-state index in [1.165, 1.54) is 25.7 Å². The molecule has 26 heavy (non-hydrogen) atoms. The van der Waals surface area contributed by atoms with Crippen molar-refractivity contribution in [3.63, 3.8) is 0 Å². The maximum Gasteiger partial charge on any atom is 0.158 e. The fourth-order valence-corrected chi connectivity index (χ4v) is 3.32. The van der Waals surface area contributed by atoms with Crippen molar-refractivity contribution in [3.05, 3.63) is 23.4 Å². The molecule has 0 aromatic rings. The largest absolute Gasteiger partial charge is 0.388 e. The van der Waals surface area contributed by atoms with Crippen LogP contribution in [0.3, 0.4) is 0 Å². The third-order valence-electron chi connectivity index (χ3n) is 4.85. The van der Waals surface area contributed by atoms with Crippen LogP contribution in [0.4, 0.5) is 0 Å². The van der Waals surface area contributed by atoms with Gasteiger partial charge in [0.25, 0.3) is 0 Å². The molecule has 0 radical (unpaired) electrons. The molecule has 0 saturated heterocycles. The maximum absolute atomic E-state index is 9.15. The van der Waals surface area contributed by atoms with Crippen LogP contribution in [-0.4, -0.2) is 19.8 Å². The number of nitrogens with zero attached hydrogens (tertiary/aromatic N) is 2. The third kappa shape index (κ3) is 8.07. The third-order valence-corrected chi connectivity index (χ3v) is 4.85. The number of ether oxygens (including phenoxy) is 1. The van der Waals surface area contributed by atoms with Crippen LogP contribution in [0.5, 0.6) is 0 Å². The Morgan fingerprint density at radius 3 is 2.58 bits per heavy atom. The van der Waals surface area contributed by atoms with E-state index in [2.05, 4.69) is 51.2 Å². The molecule has 1 rings (SSSR count). The zero-order valence-electron chi connectivity index (χ0n) is 17.0. The van der Waals surface area contributed by atoms with Crippen molar-refractivity contribution in [3.8, 4) is 12.1 Å². The molecule has 144 valence electrons. The van der Waals surface area contributed by atoms with Gasteiger partial charge in [0.1, 0.15) is 0 Å². The summed E-state index contributed by atoms with van der Waals surface area (Å²) in [6.45, 7) is 11.2. The van der Waals surface area contributed by atoms with Gasteiger partial charge in [-0.15, -0.1) is 0 Å². The molecule has 0 saturated carbocycles. The van der Waals surface area contributed by atoms with Gasteiger partial charge < -0.3 is 10.1 Å². The average molecular weight is 358 g/mol. The topological polar surface area (TPSA) is 68.8 Å². The minimum atomic E-state index is -0.691. The van der Waals surface area contributed by atoms with Crippen LogP contribution in [0.25, 0.3) is 0 Å². The summed E-state index contributed by atoms with van der Waals surface area (Å²) in [5.41, 5.74) is 1.88. The predicted molar refractivity (Wildman–Crippen MR) is 106 cm³/mol. The van der Waals surface area contributed by atoms with Crippen molar-refractivity contribution < 1.29 is 4.74 Å². The molecule has 1 atom stereocenters. The predicted octanol–water partition coefficient (Wildman–Crippen LogP) is 5.10. The van der Waals surface area contributed by atoms with Crippen LogP contribution in [0, 0.1) is 39.9 Å².